The average Bonchev–Trinajstić information content (AvgIpc) is 3.16. The molecule has 1 heterocycles. The van der Waals surface area contributed by atoms with Crippen LogP contribution in [0.1, 0.15) is 41.0 Å². The Labute approximate surface area is 215 Å². The number of nitrogens with zero attached hydrogens (tertiary/aromatic N) is 1. The van der Waals surface area contributed by atoms with E-state index in [0.717, 1.165) is 0 Å². The Morgan fingerprint density at radius 2 is 1.57 bits per heavy atom. The quantitative estimate of drug-likeness (QED) is 0.103. The second kappa shape index (κ2) is 16.2. The number of hydrogen-bond acceptors (Lipinski definition) is 14. The van der Waals surface area contributed by atoms with E-state index in [0.29, 0.717) is 6.42 Å². The lowest BCUT2D eigenvalue weighted by molar-refractivity contribution is -0.121. The molecule has 212 valence electrons. The first-order valence-electron chi connectivity index (χ1n) is 11.4. The lowest BCUT2D eigenvalue weighted by Gasteiger charge is -2.26. The summed E-state index contributed by atoms with van der Waals surface area (Å²) in [6.45, 7) is 6.40. The molecule has 37 heavy (non-hydrogen) atoms. The Balaban J connectivity index is 2.70. The number of nitrogens with one attached hydrogen (secondary N) is 1. The van der Waals surface area contributed by atoms with Crippen LogP contribution in [0.5, 0.6) is 0 Å². The summed E-state index contributed by atoms with van der Waals surface area (Å²) in [5, 5.41) is 1.98. The van der Waals surface area contributed by atoms with Crippen LogP contribution in [0.25, 0.3) is 0 Å². The third kappa shape index (κ3) is 13.4. The van der Waals surface area contributed by atoms with Gasteiger partial charge in [0.1, 0.15) is 6.23 Å². The molecule has 16 heteroatoms. The second-order valence-corrected chi connectivity index (χ2v) is 10.00. The summed E-state index contributed by atoms with van der Waals surface area (Å²) in [5.74, 6) is -0.622. The first-order chi connectivity index (χ1) is 17.3. The van der Waals surface area contributed by atoms with Crippen LogP contribution in [0.4, 0.5) is 9.59 Å². The van der Waals surface area contributed by atoms with Gasteiger partial charge < -0.3 is 28.6 Å². The molecule has 15 nitrogen and oxygen atoms in total. The van der Waals surface area contributed by atoms with Gasteiger partial charge in [0, 0.05) is 25.2 Å². The molecule has 1 N–H and O–H groups in total. The molecule has 0 bridgehead atoms. The van der Waals surface area contributed by atoms with Crippen LogP contribution in [-0.4, -0.2) is 81.3 Å². The lowest BCUT2D eigenvalue weighted by atomic mass is 10.1. The van der Waals surface area contributed by atoms with Crippen LogP contribution in [0.2, 0.25) is 0 Å². The molecule has 0 radical (unpaired) electrons. The van der Waals surface area contributed by atoms with Crippen molar-refractivity contribution in [2.24, 2.45) is 5.92 Å². The Morgan fingerprint density at radius 1 is 1.03 bits per heavy atom. The summed E-state index contributed by atoms with van der Waals surface area (Å²) in [7, 11) is -2.73. The average molecular weight is 554 g/mol. The van der Waals surface area contributed by atoms with Gasteiger partial charge in [0.15, 0.2) is 0 Å². The SMILES string of the molecule is CC(C)OC(=O)OCOP(=O)(OCOC(=O)OC(C)C)OCC1CC(C)C(N(C)/C=C\C(=O)NC=O)O1. The minimum atomic E-state index is -4.41. The highest BCUT2D eigenvalue weighted by atomic mass is 31.2. The number of phosphoric acid groups is 1. The molecule has 2 amide bonds. The second-order valence-electron chi connectivity index (χ2n) is 8.33. The third-order valence-corrected chi connectivity index (χ3v) is 5.68. The van der Waals surface area contributed by atoms with Crippen molar-refractivity contribution in [2.75, 3.05) is 27.2 Å². The molecule has 0 spiro atoms. The Hall–Kier alpha value is -2.71. The van der Waals surface area contributed by atoms with Crippen LogP contribution in [0.15, 0.2) is 12.3 Å². The first kappa shape index (κ1) is 32.3. The number of hydrogen-bond donors (Lipinski definition) is 1. The molecular weight excluding hydrogens is 519 g/mol. The van der Waals surface area contributed by atoms with Crippen molar-refractivity contribution in [1.29, 1.82) is 0 Å². The molecule has 0 aliphatic carbocycles. The van der Waals surface area contributed by atoms with Crippen molar-refractivity contribution >= 4 is 32.5 Å². The van der Waals surface area contributed by atoms with Crippen LogP contribution in [0.3, 0.4) is 0 Å². The van der Waals surface area contributed by atoms with Crippen molar-refractivity contribution in [3.8, 4) is 0 Å². The number of carbonyl (C=O) groups is 4. The standard InChI is InChI=1S/C21H35N2O13P/c1-14(2)34-20(26)29-12-32-37(28,33-13-30-21(27)35-15(3)4)31-10-17-9-16(5)19(36-17)23(6)8-7-18(25)22-11-24/h7-8,11,14-17,19H,9-10,12-13H2,1-6H3,(H,22,24,25)/b8-7-. The predicted molar refractivity (Wildman–Crippen MR) is 124 cm³/mol. The molecular formula is C21H35N2O13P. The summed E-state index contributed by atoms with van der Waals surface area (Å²) in [6, 6.07) is 0. The molecule has 0 aromatic rings. The molecule has 1 aliphatic heterocycles. The monoisotopic (exact) mass is 554 g/mol. The van der Waals surface area contributed by atoms with Gasteiger partial charge in [-0.25, -0.2) is 23.2 Å². The minimum Gasteiger partial charge on any atom is -0.432 e. The zero-order valence-electron chi connectivity index (χ0n) is 21.6. The Morgan fingerprint density at radius 3 is 2.05 bits per heavy atom. The van der Waals surface area contributed by atoms with Gasteiger partial charge in [-0.3, -0.25) is 19.4 Å². The largest absolute Gasteiger partial charge is 0.510 e. The molecule has 1 fully saturated rings. The summed E-state index contributed by atoms with van der Waals surface area (Å²) in [5.41, 5.74) is 0. The predicted octanol–water partition coefficient (Wildman–Crippen LogP) is 2.65. The van der Waals surface area contributed by atoms with E-state index in [-0.39, 0.29) is 18.9 Å². The van der Waals surface area contributed by atoms with Gasteiger partial charge in [-0.15, -0.1) is 0 Å². The van der Waals surface area contributed by atoms with E-state index < -0.39 is 64.2 Å². The highest BCUT2D eigenvalue weighted by Gasteiger charge is 2.37. The fourth-order valence-corrected chi connectivity index (χ4v) is 3.85. The summed E-state index contributed by atoms with van der Waals surface area (Å²) < 4.78 is 53.2. The first-order valence-corrected chi connectivity index (χ1v) is 12.8. The molecule has 1 saturated heterocycles. The van der Waals surface area contributed by atoms with Gasteiger partial charge >= 0.3 is 20.1 Å². The smallest absolute Gasteiger partial charge is 0.432 e. The van der Waals surface area contributed by atoms with Crippen molar-refractivity contribution in [3.63, 3.8) is 0 Å². The molecule has 1 aliphatic rings. The van der Waals surface area contributed by atoms with Crippen LogP contribution >= 0.6 is 7.82 Å². The number of carbonyl (C=O) groups excluding carboxylic acids is 4. The van der Waals surface area contributed by atoms with Gasteiger partial charge in [0.2, 0.25) is 20.0 Å². The zero-order valence-corrected chi connectivity index (χ0v) is 22.5. The van der Waals surface area contributed by atoms with Crippen molar-refractivity contribution < 1.29 is 61.0 Å². The number of amides is 2. The minimum absolute atomic E-state index is 0.0260. The molecule has 0 aromatic heterocycles. The third-order valence-electron chi connectivity index (χ3n) is 4.37. The number of rotatable bonds is 15. The highest BCUT2D eigenvalue weighted by molar-refractivity contribution is 7.48. The summed E-state index contributed by atoms with van der Waals surface area (Å²) >= 11 is 0. The van der Waals surface area contributed by atoms with Crippen LogP contribution < -0.4 is 5.32 Å². The topological polar surface area (TPSA) is 174 Å². The van der Waals surface area contributed by atoms with Crippen LogP contribution in [-0.2, 0) is 51.4 Å². The number of ether oxygens (including phenoxy) is 5. The Kier molecular flexibility index (Phi) is 14.1. The van der Waals surface area contributed by atoms with E-state index in [1.165, 1.54) is 12.3 Å². The van der Waals surface area contributed by atoms with Crippen molar-refractivity contribution in [3.05, 3.63) is 12.3 Å². The van der Waals surface area contributed by atoms with Crippen molar-refractivity contribution in [1.82, 2.24) is 10.2 Å². The van der Waals surface area contributed by atoms with E-state index in [1.54, 1.807) is 39.6 Å². The normalized spacial score (nSPS) is 19.6. The van der Waals surface area contributed by atoms with Gasteiger partial charge in [-0.2, -0.15) is 0 Å². The molecule has 3 unspecified atom stereocenters. The van der Waals surface area contributed by atoms with Gasteiger partial charge in [0.05, 0.1) is 24.9 Å². The van der Waals surface area contributed by atoms with E-state index >= 15 is 0 Å². The number of phosphoric ester groups is 1. The molecule has 3 atom stereocenters. The molecule has 1 rings (SSSR count). The summed E-state index contributed by atoms with van der Waals surface area (Å²) in [6.07, 6.45) is -0.675. The lowest BCUT2D eigenvalue weighted by Crippen LogP contribution is -2.32. The molecule has 0 saturated carbocycles. The van der Waals surface area contributed by atoms with Gasteiger partial charge in [-0.1, -0.05) is 6.92 Å². The maximum absolute atomic E-state index is 13.0. The fourth-order valence-electron chi connectivity index (χ4n) is 2.92. The van der Waals surface area contributed by atoms with Gasteiger partial charge in [0.25, 0.3) is 5.91 Å². The van der Waals surface area contributed by atoms with E-state index in [9.17, 15) is 23.7 Å². The van der Waals surface area contributed by atoms with Crippen molar-refractivity contribution in [2.45, 2.75) is 65.6 Å². The summed E-state index contributed by atoms with van der Waals surface area (Å²) in [4.78, 5) is 46.4. The van der Waals surface area contributed by atoms with E-state index in [1.807, 2.05) is 12.2 Å². The zero-order chi connectivity index (χ0) is 28.0. The molecule has 0 aromatic carbocycles. The maximum Gasteiger partial charge on any atom is 0.510 e. The van der Waals surface area contributed by atoms with Gasteiger partial charge in [-0.05, 0) is 34.1 Å². The van der Waals surface area contributed by atoms with Crippen LogP contribution in [0, 0.1) is 5.92 Å². The fraction of sp³-hybridized carbons (Fsp3) is 0.714. The van der Waals surface area contributed by atoms with E-state index in [4.69, 9.17) is 27.8 Å². The van der Waals surface area contributed by atoms with E-state index in [2.05, 4.69) is 9.47 Å². The maximum atomic E-state index is 13.0. The highest BCUT2D eigenvalue weighted by Crippen LogP contribution is 2.50. The number of imide groups is 1. The Bertz CT molecular complexity index is 803.